The van der Waals surface area contributed by atoms with Crippen LogP contribution in [0, 0.1) is 0 Å². The van der Waals surface area contributed by atoms with E-state index >= 15 is 0 Å². The summed E-state index contributed by atoms with van der Waals surface area (Å²) in [6, 6.07) is 5.85. The number of imidazole rings is 1. The monoisotopic (exact) mass is 350 g/mol. The summed E-state index contributed by atoms with van der Waals surface area (Å²) in [5, 5.41) is 0. The molecule has 0 atom stereocenters. The Kier molecular flexibility index (Phi) is 4.39. The number of anilines is 3. The molecule has 134 valence electrons. The molecule has 0 spiro atoms. The lowest BCUT2D eigenvalue weighted by atomic mass is 9.95. The van der Waals surface area contributed by atoms with Gasteiger partial charge in [-0.15, -0.1) is 0 Å². The van der Waals surface area contributed by atoms with Crippen molar-refractivity contribution in [2.45, 2.75) is 25.3 Å². The van der Waals surface area contributed by atoms with Crippen molar-refractivity contribution in [1.29, 1.82) is 0 Å². The molecule has 0 aliphatic carbocycles. The van der Waals surface area contributed by atoms with Gasteiger partial charge in [0.1, 0.15) is 17.5 Å². The van der Waals surface area contributed by atoms with Crippen molar-refractivity contribution in [3.05, 3.63) is 54.4 Å². The molecule has 3 aromatic heterocycles. The van der Waals surface area contributed by atoms with Crippen LogP contribution in [0.3, 0.4) is 0 Å². The lowest BCUT2D eigenvalue weighted by molar-refractivity contribution is 0.468. The Morgan fingerprint density at radius 2 is 1.81 bits per heavy atom. The highest BCUT2D eigenvalue weighted by atomic mass is 15.2. The Morgan fingerprint density at radius 3 is 2.54 bits per heavy atom. The fourth-order valence-electron chi connectivity index (χ4n) is 3.50. The molecule has 8 heteroatoms. The van der Waals surface area contributed by atoms with Gasteiger partial charge < -0.3 is 20.9 Å². The third kappa shape index (κ3) is 3.44. The number of rotatable bonds is 4. The number of nitrogens with zero attached hydrogens (tertiary/aromatic N) is 6. The third-order valence-electron chi connectivity index (χ3n) is 4.78. The van der Waals surface area contributed by atoms with Crippen LogP contribution in [0.15, 0.2) is 43.0 Å². The maximum absolute atomic E-state index is 5.79. The summed E-state index contributed by atoms with van der Waals surface area (Å²) in [7, 11) is 0. The molecular formula is C18H22N8. The lowest BCUT2D eigenvalue weighted by Crippen LogP contribution is -2.34. The normalized spacial score (nSPS) is 15.3. The maximum atomic E-state index is 5.79. The Hall–Kier alpha value is -3.16. The molecule has 1 saturated heterocycles. The topological polar surface area (TPSA) is 112 Å². The van der Waals surface area contributed by atoms with Crippen LogP contribution in [-0.2, 0) is 6.54 Å². The third-order valence-corrected chi connectivity index (χ3v) is 4.78. The van der Waals surface area contributed by atoms with Crippen LogP contribution in [0.25, 0.3) is 0 Å². The first-order valence-corrected chi connectivity index (χ1v) is 8.74. The van der Waals surface area contributed by atoms with Crippen LogP contribution in [0.1, 0.15) is 30.1 Å². The molecule has 0 amide bonds. The molecule has 26 heavy (non-hydrogen) atoms. The summed E-state index contributed by atoms with van der Waals surface area (Å²) < 4.78 is 2.23. The van der Waals surface area contributed by atoms with E-state index in [0.29, 0.717) is 11.7 Å². The average Bonchev–Trinajstić information content (AvgIpc) is 3.10. The first kappa shape index (κ1) is 16.3. The molecule has 0 bridgehead atoms. The van der Waals surface area contributed by atoms with Crippen molar-refractivity contribution in [3.8, 4) is 0 Å². The fraction of sp³-hybridized carbons (Fsp3) is 0.333. The van der Waals surface area contributed by atoms with Gasteiger partial charge in [0, 0.05) is 56.4 Å². The summed E-state index contributed by atoms with van der Waals surface area (Å²) in [6.07, 6.45) is 9.60. The number of aromatic nitrogens is 5. The van der Waals surface area contributed by atoms with Gasteiger partial charge in [-0.2, -0.15) is 9.97 Å². The van der Waals surface area contributed by atoms with Crippen molar-refractivity contribution in [2.24, 2.45) is 0 Å². The SMILES string of the molecule is Nc1cc(N2CCC(c3nccn3Cc3ccncc3)CC2)nc(N)n1. The Balaban J connectivity index is 1.45. The Bertz CT molecular complexity index is 848. The minimum atomic E-state index is 0.218. The van der Waals surface area contributed by atoms with Gasteiger partial charge in [-0.3, -0.25) is 4.98 Å². The van der Waals surface area contributed by atoms with Gasteiger partial charge in [0.15, 0.2) is 0 Å². The molecule has 4 heterocycles. The number of hydrogen-bond acceptors (Lipinski definition) is 7. The molecule has 0 radical (unpaired) electrons. The van der Waals surface area contributed by atoms with E-state index in [-0.39, 0.29) is 5.95 Å². The summed E-state index contributed by atoms with van der Waals surface area (Å²) >= 11 is 0. The molecule has 1 fully saturated rings. The van der Waals surface area contributed by atoms with E-state index in [9.17, 15) is 0 Å². The Labute approximate surface area is 151 Å². The van der Waals surface area contributed by atoms with Gasteiger partial charge in [0.2, 0.25) is 5.95 Å². The molecular weight excluding hydrogens is 328 g/mol. The van der Waals surface area contributed by atoms with Crippen molar-refractivity contribution in [2.75, 3.05) is 29.5 Å². The van der Waals surface area contributed by atoms with Crippen LogP contribution in [0.5, 0.6) is 0 Å². The minimum Gasteiger partial charge on any atom is -0.383 e. The van der Waals surface area contributed by atoms with Gasteiger partial charge in [-0.05, 0) is 30.5 Å². The zero-order valence-electron chi connectivity index (χ0n) is 14.5. The number of hydrogen-bond donors (Lipinski definition) is 2. The van der Waals surface area contributed by atoms with E-state index in [1.807, 2.05) is 36.9 Å². The molecule has 4 rings (SSSR count). The predicted molar refractivity (Wildman–Crippen MR) is 101 cm³/mol. The minimum absolute atomic E-state index is 0.218. The number of pyridine rings is 1. The van der Waals surface area contributed by atoms with E-state index in [1.165, 1.54) is 5.56 Å². The number of nitrogens with two attached hydrogens (primary N) is 2. The van der Waals surface area contributed by atoms with Crippen molar-refractivity contribution in [1.82, 2.24) is 24.5 Å². The highest BCUT2D eigenvalue weighted by Gasteiger charge is 2.25. The predicted octanol–water partition coefficient (Wildman–Crippen LogP) is 1.66. The van der Waals surface area contributed by atoms with Crippen molar-refractivity contribution >= 4 is 17.6 Å². The highest BCUT2D eigenvalue weighted by Crippen LogP contribution is 2.29. The van der Waals surface area contributed by atoms with E-state index in [2.05, 4.69) is 29.4 Å². The average molecular weight is 350 g/mol. The first-order chi connectivity index (χ1) is 12.7. The van der Waals surface area contributed by atoms with Crippen LogP contribution in [0.4, 0.5) is 17.6 Å². The molecule has 1 aliphatic rings. The van der Waals surface area contributed by atoms with E-state index in [1.54, 1.807) is 6.07 Å². The van der Waals surface area contributed by atoms with Crippen LogP contribution >= 0.6 is 0 Å². The second kappa shape index (κ2) is 6.99. The summed E-state index contributed by atoms with van der Waals surface area (Å²) in [4.78, 5) is 19.2. The number of nitrogen functional groups attached to an aromatic ring is 2. The summed E-state index contributed by atoms with van der Waals surface area (Å²) in [6.45, 7) is 2.60. The van der Waals surface area contributed by atoms with Gasteiger partial charge >= 0.3 is 0 Å². The second-order valence-corrected chi connectivity index (χ2v) is 6.54. The zero-order valence-corrected chi connectivity index (χ0v) is 14.5. The molecule has 4 N–H and O–H groups in total. The lowest BCUT2D eigenvalue weighted by Gasteiger charge is -2.32. The maximum Gasteiger partial charge on any atom is 0.223 e. The first-order valence-electron chi connectivity index (χ1n) is 8.74. The zero-order chi connectivity index (χ0) is 17.9. The smallest absolute Gasteiger partial charge is 0.223 e. The summed E-state index contributed by atoms with van der Waals surface area (Å²) in [5.41, 5.74) is 12.7. The van der Waals surface area contributed by atoms with E-state index in [4.69, 9.17) is 11.5 Å². The fourth-order valence-corrected chi connectivity index (χ4v) is 3.50. The van der Waals surface area contributed by atoms with Gasteiger partial charge in [0.05, 0.1) is 0 Å². The van der Waals surface area contributed by atoms with E-state index < -0.39 is 0 Å². The number of piperidine rings is 1. The molecule has 0 unspecified atom stereocenters. The van der Waals surface area contributed by atoms with Gasteiger partial charge in [-0.1, -0.05) is 0 Å². The molecule has 3 aromatic rings. The van der Waals surface area contributed by atoms with E-state index in [0.717, 1.165) is 44.1 Å². The second-order valence-electron chi connectivity index (χ2n) is 6.54. The van der Waals surface area contributed by atoms with Crippen molar-refractivity contribution in [3.63, 3.8) is 0 Å². The quantitative estimate of drug-likeness (QED) is 0.736. The van der Waals surface area contributed by atoms with Gasteiger partial charge in [0.25, 0.3) is 0 Å². The Morgan fingerprint density at radius 1 is 1.04 bits per heavy atom. The molecule has 1 aliphatic heterocycles. The highest BCUT2D eigenvalue weighted by molar-refractivity contribution is 5.50. The van der Waals surface area contributed by atoms with Crippen LogP contribution in [0.2, 0.25) is 0 Å². The largest absolute Gasteiger partial charge is 0.383 e. The molecule has 8 nitrogen and oxygen atoms in total. The van der Waals surface area contributed by atoms with Crippen molar-refractivity contribution < 1.29 is 0 Å². The van der Waals surface area contributed by atoms with Crippen LogP contribution < -0.4 is 16.4 Å². The molecule has 0 saturated carbocycles. The molecule has 0 aromatic carbocycles. The standard InChI is InChI=1S/C18H22N8/c19-15-11-16(24-18(20)23-15)25-8-3-14(4-9-25)17-22-7-10-26(17)12-13-1-5-21-6-2-13/h1-2,5-7,10-11,14H,3-4,8-9,12H2,(H4,19,20,23,24). The van der Waals surface area contributed by atoms with Gasteiger partial charge in [-0.25, -0.2) is 4.98 Å². The van der Waals surface area contributed by atoms with Crippen LogP contribution in [-0.4, -0.2) is 37.6 Å². The summed E-state index contributed by atoms with van der Waals surface area (Å²) in [5.74, 6) is 2.99.